The van der Waals surface area contributed by atoms with Gasteiger partial charge in [-0.3, -0.25) is 4.79 Å². The van der Waals surface area contributed by atoms with Crippen LogP contribution in [-0.4, -0.2) is 51.9 Å². The summed E-state index contributed by atoms with van der Waals surface area (Å²) in [6.07, 6.45) is 2.66. The molecule has 0 radical (unpaired) electrons. The molecule has 2 aliphatic heterocycles. The molecule has 3 rings (SSSR count). The normalized spacial score (nSPS) is 22.5. The van der Waals surface area contributed by atoms with Crippen LogP contribution in [-0.2, 0) is 16.4 Å². The van der Waals surface area contributed by atoms with E-state index in [1.54, 1.807) is 16.4 Å². The molecule has 1 saturated heterocycles. The maximum atomic E-state index is 12.9. The molecule has 1 amide bonds. The summed E-state index contributed by atoms with van der Waals surface area (Å²) in [6.45, 7) is 2.51. The second kappa shape index (κ2) is 6.59. The summed E-state index contributed by atoms with van der Waals surface area (Å²) in [5.74, 6) is 0.152. The van der Waals surface area contributed by atoms with Gasteiger partial charge in [0.05, 0.1) is 4.90 Å². The average molecular weight is 337 g/mol. The molecule has 1 aromatic carbocycles. The van der Waals surface area contributed by atoms with Crippen LogP contribution in [0.3, 0.4) is 0 Å². The van der Waals surface area contributed by atoms with Crippen LogP contribution in [0.1, 0.15) is 28.8 Å². The van der Waals surface area contributed by atoms with Gasteiger partial charge in [0.25, 0.3) is 5.91 Å². The Balaban J connectivity index is 1.87. The highest BCUT2D eigenvalue weighted by molar-refractivity contribution is 7.89. The Bertz CT molecular complexity index is 701. The molecule has 7 heteroatoms. The molecule has 1 atom stereocenters. The number of fused-ring (bicyclic) bond motifs is 1. The van der Waals surface area contributed by atoms with Gasteiger partial charge in [-0.15, -0.1) is 0 Å². The molecular formula is C16H23N3O3S. The fourth-order valence-electron chi connectivity index (χ4n) is 3.40. The van der Waals surface area contributed by atoms with Crippen molar-refractivity contribution in [2.75, 3.05) is 33.2 Å². The standard InChI is InChI=1S/C16H23N3O3S/c1-17-10-12-3-2-8-19(11-12)23(21,22)14-5-4-13-6-7-18-16(20)15(13)9-14/h4-5,9,12,17H,2-3,6-8,10-11H2,1H3,(H,18,20). The van der Waals surface area contributed by atoms with Gasteiger partial charge in [-0.25, -0.2) is 8.42 Å². The predicted octanol–water partition coefficient (Wildman–Crippen LogP) is 0.593. The highest BCUT2D eigenvalue weighted by Gasteiger charge is 2.31. The highest BCUT2D eigenvalue weighted by Crippen LogP contribution is 2.26. The predicted molar refractivity (Wildman–Crippen MR) is 87.9 cm³/mol. The van der Waals surface area contributed by atoms with Crippen LogP contribution >= 0.6 is 0 Å². The van der Waals surface area contributed by atoms with Gasteiger partial charge < -0.3 is 10.6 Å². The molecule has 1 fully saturated rings. The van der Waals surface area contributed by atoms with Gasteiger partial charge in [0.1, 0.15) is 0 Å². The smallest absolute Gasteiger partial charge is 0.251 e. The van der Waals surface area contributed by atoms with Crippen molar-refractivity contribution in [2.24, 2.45) is 5.92 Å². The molecule has 0 saturated carbocycles. The lowest BCUT2D eigenvalue weighted by molar-refractivity contribution is 0.0945. The van der Waals surface area contributed by atoms with Crippen molar-refractivity contribution in [1.29, 1.82) is 0 Å². The molecule has 23 heavy (non-hydrogen) atoms. The van der Waals surface area contributed by atoms with E-state index >= 15 is 0 Å². The summed E-state index contributed by atoms with van der Waals surface area (Å²) in [5.41, 5.74) is 1.40. The zero-order valence-corrected chi connectivity index (χ0v) is 14.2. The highest BCUT2D eigenvalue weighted by atomic mass is 32.2. The number of nitrogens with one attached hydrogen (secondary N) is 2. The van der Waals surface area contributed by atoms with Crippen LogP contribution < -0.4 is 10.6 Å². The molecule has 0 aromatic heterocycles. The maximum Gasteiger partial charge on any atom is 0.251 e. The second-order valence-corrected chi connectivity index (χ2v) is 8.19. The van der Waals surface area contributed by atoms with E-state index in [-0.39, 0.29) is 10.8 Å². The minimum absolute atomic E-state index is 0.185. The van der Waals surface area contributed by atoms with Crippen molar-refractivity contribution in [3.05, 3.63) is 29.3 Å². The maximum absolute atomic E-state index is 12.9. The first-order valence-electron chi connectivity index (χ1n) is 8.08. The number of amides is 1. The van der Waals surface area contributed by atoms with Crippen LogP contribution in [0.2, 0.25) is 0 Å². The topological polar surface area (TPSA) is 78.5 Å². The lowest BCUT2D eigenvalue weighted by Gasteiger charge is -2.32. The van der Waals surface area contributed by atoms with Crippen molar-refractivity contribution < 1.29 is 13.2 Å². The summed E-state index contributed by atoms with van der Waals surface area (Å²) in [5, 5.41) is 5.89. The third-order valence-electron chi connectivity index (χ3n) is 4.62. The number of carbonyl (C=O) groups excluding carboxylic acids is 1. The summed E-state index contributed by atoms with van der Waals surface area (Å²) in [7, 11) is -1.66. The van der Waals surface area contributed by atoms with Crippen LogP contribution in [0.4, 0.5) is 0 Å². The van der Waals surface area contributed by atoms with E-state index in [9.17, 15) is 13.2 Å². The number of sulfonamides is 1. The van der Waals surface area contributed by atoms with Crippen LogP contribution in [0, 0.1) is 5.92 Å². The first kappa shape index (κ1) is 16.4. The quantitative estimate of drug-likeness (QED) is 0.843. The largest absolute Gasteiger partial charge is 0.352 e. The number of piperidine rings is 1. The van der Waals surface area contributed by atoms with Crippen LogP contribution in [0.25, 0.3) is 0 Å². The SMILES string of the molecule is CNCC1CCCN(S(=O)(=O)c2ccc3c(c2)C(=O)NCC3)C1. The van der Waals surface area contributed by atoms with Gasteiger partial charge in [0.15, 0.2) is 0 Å². The molecule has 1 unspecified atom stereocenters. The number of carbonyl (C=O) groups is 1. The molecule has 6 nitrogen and oxygen atoms in total. The first-order valence-corrected chi connectivity index (χ1v) is 9.52. The molecule has 0 spiro atoms. The molecular weight excluding hydrogens is 314 g/mol. The Kier molecular flexibility index (Phi) is 4.70. The summed E-state index contributed by atoms with van der Waals surface area (Å²) >= 11 is 0. The molecule has 0 aliphatic carbocycles. The lowest BCUT2D eigenvalue weighted by atomic mass is 10.00. The zero-order valence-electron chi connectivity index (χ0n) is 13.3. The van der Waals surface area contributed by atoms with E-state index in [4.69, 9.17) is 0 Å². The van der Waals surface area contributed by atoms with Crippen molar-refractivity contribution in [1.82, 2.24) is 14.9 Å². The molecule has 2 heterocycles. The number of nitrogens with zero attached hydrogens (tertiary/aromatic N) is 1. The summed E-state index contributed by atoms with van der Waals surface area (Å²) in [6, 6.07) is 4.94. The monoisotopic (exact) mass is 337 g/mol. The molecule has 126 valence electrons. The van der Waals surface area contributed by atoms with E-state index in [1.165, 1.54) is 6.07 Å². The number of rotatable bonds is 4. The first-order chi connectivity index (χ1) is 11.0. The third kappa shape index (κ3) is 3.27. The minimum atomic E-state index is -3.54. The molecule has 2 N–H and O–H groups in total. The second-order valence-electron chi connectivity index (χ2n) is 6.25. The van der Waals surface area contributed by atoms with Crippen molar-refractivity contribution in [2.45, 2.75) is 24.2 Å². The van der Waals surface area contributed by atoms with E-state index in [0.29, 0.717) is 31.1 Å². The van der Waals surface area contributed by atoms with Gasteiger partial charge in [-0.2, -0.15) is 4.31 Å². The van der Waals surface area contributed by atoms with E-state index in [1.807, 2.05) is 7.05 Å². The van der Waals surface area contributed by atoms with Crippen molar-refractivity contribution >= 4 is 15.9 Å². The number of hydrogen-bond donors (Lipinski definition) is 2. The van der Waals surface area contributed by atoms with Crippen molar-refractivity contribution in [3.8, 4) is 0 Å². The van der Waals surface area contributed by atoms with E-state index in [0.717, 1.165) is 31.4 Å². The summed E-state index contributed by atoms with van der Waals surface area (Å²) < 4.78 is 27.4. The van der Waals surface area contributed by atoms with Crippen molar-refractivity contribution in [3.63, 3.8) is 0 Å². The Morgan fingerprint density at radius 3 is 3.00 bits per heavy atom. The average Bonchev–Trinajstić information content (AvgIpc) is 2.55. The fraction of sp³-hybridized carbons (Fsp3) is 0.562. The third-order valence-corrected chi connectivity index (χ3v) is 6.48. The number of hydrogen-bond acceptors (Lipinski definition) is 4. The molecule has 2 aliphatic rings. The van der Waals surface area contributed by atoms with E-state index < -0.39 is 10.0 Å². The Hall–Kier alpha value is -1.44. The summed E-state index contributed by atoms with van der Waals surface area (Å²) in [4.78, 5) is 12.2. The Labute approximate surface area is 137 Å². The van der Waals surface area contributed by atoms with Gasteiger partial charge in [-0.05, 0) is 56.5 Å². The lowest BCUT2D eigenvalue weighted by Crippen LogP contribution is -2.42. The van der Waals surface area contributed by atoms with Crippen LogP contribution in [0.15, 0.2) is 23.1 Å². The van der Waals surface area contributed by atoms with Gasteiger partial charge in [0.2, 0.25) is 10.0 Å². The van der Waals surface area contributed by atoms with Gasteiger partial charge in [0, 0.05) is 25.2 Å². The van der Waals surface area contributed by atoms with E-state index in [2.05, 4.69) is 10.6 Å². The molecule has 1 aromatic rings. The number of benzene rings is 1. The fourth-order valence-corrected chi connectivity index (χ4v) is 4.98. The Morgan fingerprint density at radius 1 is 1.39 bits per heavy atom. The Morgan fingerprint density at radius 2 is 2.22 bits per heavy atom. The van der Waals surface area contributed by atoms with Crippen LogP contribution in [0.5, 0.6) is 0 Å². The minimum Gasteiger partial charge on any atom is -0.352 e. The van der Waals surface area contributed by atoms with Gasteiger partial charge in [-0.1, -0.05) is 6.07 Å². The zero-order chi connectivity index (χ0) is 16.4. The van der Waals surface area contributed by atoms with Gasteiger partial charge >= 0.3 is 0 Å². The molecule has 0 bridgehead atoms.